The van der Waals surface area contributed by atoms with Crippen LogP contribution >= 0.6 is 15.9 Å². The van der Waals surface area contributed by atoms with Crippen LogP contribution < -0.4 is 15.4 Å². The first kappa shape index (κ1) is 13.4. The maximum Gasteiger partial charge on any atom is 0.224 e. The molecule has 1 amide bonds. The Hall–Kier alpha value is -1.07. The first-order chi connectivity index (χ1) is 8.75. The highest BCUT2D eigenvalue weighted by Crippen LogP contribution is 2.15. The van der Waals surface area contributed by atoms with Crippen LogP contribution in [0.1, 0.15) is 6.42 Å². The lowest BCUT2D eigenvalue weighted by Crippen LogP contribution is -2.34. The highest BCUT2D eigenvalue weighted by atomic mass is 79.9. The first-order valence-electron chi connectivity index (χ1n) is 6.12. The van der Waals surface area contributed by atoms with E-state index in [0.717, 1.165) is 29.7 Å². The lowest BCUT2D eigenvalue weighted by Gasteiger charge is -2.10. The zero-order chi connectivity index (χ0) is 12.8. The molecule has 0 aliphatic carbocycles. The highest BCUT2D eigenvalue weighted by Gasteiger charge is 2.21. The third-order valence-corrected chi connectivity index (χ3v) is 3.44. The van der Waals surface area contributed by atoms with Crippen LogP contribution in [0, 0.1) is 5.92 Å². The molecule has 1 unspecified atom stereocenters. The Bertz CT molecular complexity index is 388. The van der Waals surface area contributed by atoms with E-state index in [1.165, 1.54) is 0 Å². The number of rotatable bonds is 5. The molecule has 1 saturated heterocycles. The van der Waals surface area contributed by atoms with Crippen LogP contribution in [-0.4, -0.2) is 32.1 Å². The van der Waals surface area contributed by atoms with Crippen LogP contribution in [-0.2, 0) is 4.79 Å². The van der Waals surface area contributed by atoms with Crippen molar-refractivity contribution in [1.29, 1.82) is 0 Å². The lowest BCUT2D eigenvalue weighted by molar-refractivity contribution is -0.124. The first-order valence-corrected chi connectivity index (χ1v) is 6.92. The second kappa shape index (κ2) is 6.75. The molecule has 1 atom stereocenters. The van der Waals surface area contributed by atoms with Crippen molar-refractivity contribution < 1.29 is 9.53 Å². The Morgan fingerprint density at radius 1 is 1.44 bits per heavy atom. The summed E-state index contributed by atoms with van der Waals surface area (Å²) in [6.45, 7) is 2.77. The molecule has 18 heavy (non-hydrogen) atoms. The summed E-state index contributed by atoms with van der Waals surface area (Å²) in [5.41, 5.74) is 0. The minimum atomic E-state index is 0.123. The molecular weight excluding hydrogens is 296 g/mol. The van der Waals surface area contributed by atoms with Gasteiger partial charge in [-0.2, -0.15) is 0 Å². The van der Waals surface area contributed by atoms with Gasteiger partial charge in [0.05, 0.1) is 12.5 Å². The molecule has 4 nitrogen and oxygen atoms in total. The van der Waals surface area contributed by atoms with Crippen molar-refractivity contribution in [3.63, 3.8) is 0 Å². The van der Waals surface area contributed by atoms with Crippen molar-refractivity contribution in [2.24, 2.45) is 5.92 Å². The van der Waals surface area contributed by atoms with Gasteiger partial charge >= 0.3 is 0 Å². The molecule has 1 aliphatic heterocycles. The Kier molecular flexibility index (Phi) is 5.01. The number of hydrogen-bond donors (Lipinski definition) is 2. The predicted molar refractivity (Wildman–Crippen MR) is 73.6 cm³/mol. The molecule has 1 aromatic carbocycles. The maximum absolute atomic E-state index is 11.7. The summed E-state index contributed by atoms with van der Waals surface area (Å²) in [5.74, 6) is 1.06. The molecule has 1 fully saturated rings. The number of hydrogen-bond acceptors (Lipinski definition) is 3. The molecule has 0 bridgehead atoms. The molecule has 2 rings (SSSR count). The standard InChI is InChI=1S/C13H17BrN2O2/c14-11-1-3-12(4-2-11)18-8-7-16-13(17)10-5-6-15-9-10/h1-4,10,15H,5-9H2,(H,16,17). The Morgan fingerprint density at radius 3 is 2.89 bits per heavy atom. The number of ether oxygens (including phenoxy) is 1. The number of amides is 1. The Morgan fingerprint density at radius 2 is 2.22 bits per heavy atom. The molecule has 2 N–H and O–H groups in total. The second-order valence-electron chi connectivity index (χ2n) is 4.28. The summed E-state index contributed by atoms with van der Waals surface area (Å²) in [7, 11) is 0. The zero-order valence-corrected chi connectivity index (χ0v) is 11.7. The number of halogens is 1. The predicted octanol–water partition coefficient (Wildman–Crippen LogP) is 1.55. The van der Waals surface area contributed by atoms with Crippen LogP contribution in [0.15, 0.2) is 28.7 Å². The average Bonchev–Trinajstić information content (AvgIpc) is 2.90. The van der Waals surface area contributed by atoms with Crippen LogP contribution in [0.2, 0.25) is 0 Å². The van der Waals surface area contributed by atoms with Crippen LogP contribution in [0.4, 0.5) is 0 Å². The van der Waals surface area contributed by atoms with Gasteiger partial charge in [0.15, 0.2) is 0 Å². The van der Waals surface area contributed by atoms with Crippen LogP contribution in [0.3, 0.4) is 0 Å². The molecule has 1 heterocycles. The largest absolute Gasteiger partial charge is 0.492 e. The van der Waals surface area contributed by atoms with E-state index in [1.807, 2.05) is 24.3 Å². The van der Waals surface area contributed by atoms with Gasteiger partial charge in [0.2, 0.25) is 5.91 Å². The molecule has 1 aromatic rings. The fraction of sp³-hybridized carbons (Fsp3) is 0.462. The van der Waals surface area contributed by atoms with E-state index in [9.17, 15) is 4.79 Å². The summed E-state index contributed by atoms with van der Waals surface area (Å²) in [6, 6.07) is 7.65. The van der Waals surface area contributed by atoms with Gasteiger partial charge in [-0.1, -0.05) is 15.9 Å². The normalized spacial score (nSPS) is 18.6. The summed E-state index contributed by atoms with van der Waals surface area (Å²) in [4.78, 5) is 11.7. The van der Waals surface area contributed by atoms with E-state index in [0.29, 0.717) is 13.2 Å². The quantitative estimate of drug-likeness (QED) is 0.811. The highest BCUT2D eigenvalue weighted by molar-refractivity contribution is 9.10. The van der Waals surface area contributed by atoms with Crippen LogP contribution in [0.5, 0.6) is 5.75 Å². The number of carbonyl (C=O) groups is 1. The molecule has 5 heteroatoms. The smallest absolute Gasteiger partial charge is 0.224 e. The number of nitrogens with one attached hydrogen (secondary N) is 2. The molecule has 0 aromatic heterocycles. The molecule has 0 radical (unpaired) electrons. The summed E-state index contributed by atoms with van der Waals surface area (Å²) >= 11 is 3.37. The third-order valence-electron chi connectivity index (χ3n) is 2.91. The monoisotopic (exact) mass is 312 g/mol. The molecular formula is C13H17BrN2O2. The van der Waals surface area contributed by atoms with Gasteiger partial charge in [-0.25, -0.2) is 0 Å². The van der Waals surface area contributed by atoms with Gasteiger partial charge in [-0.3, -0.25) is 4.79 Å². The van der Waals surface area contributed by atoms with E-state index >= 15 is 0 Å². The van der Waals surface area contributed by atoms with Crippen molar-refractivity contribution in [1.82, 2.24) is 10.6 Å². The van der Waals surface area contributed by atoms with Crippen molar-refractivity contribution in [3.05, 3.63) is 28.7 Å². The van der Waals surface area contributed by atoms with Gasteiger partial charge < -0.3 is 15.4 Å². The van der Waals surface area contributed by atoms with E-state index in [-0.39, 0.29) is 11.8 Å². The minimum Gasteiger partial charge on any atom is -0.492 e. The van der Waals surface area contributed by atoms with E-state index in [4.69, 9.17) is 4.74 Å². The van der Waals surface area contributed by atoms with E-state index in [1.54, 1.807) is 0 Å². The number of carbonyl (C=O) groups excluding carboxylic acids is 1. The zero-order valence-electron chi connectivity index (χ0n) is 10.1. The molecule has 0 spiro atoms. The summed E-state index contributed by atoms with van der Waals surface area (Å²) in [5, 5.41) is 6.07. The second-order valence-corrected chi connectivity index (χ2v) is 5.20. The van der Waals surface area contributed by atoms with Gasteiger partial charge in [0.1, 0.15) is 12.4 Å². The Labute approximate surface area is 115 Å². The fourth-order valence-corrected chi connectivity index (χ4v) is 2.16. The summed E-state index contributed by atoms with van der Waals surface area (Å²) < 4.78 is 6.55. The van der Waals surface area contributed by atoms with Gasteiger partial charge in [-0.15, -0.1) is 0 Å². The average molecular weight is 313 g/mol. The minimum absolute atomic E-state index is 0.123. The summed E-state index contributed by atoms with van der Waals surface area (Å²) in [6.07, 6.45) is 0.930. The van der Waals surface area contributed by atoms with Gasteiger partial charge in [-0.05, 0) is 37.2 Å². The molecule has 1 aliphatic rings. The van der Waals surface area contributed by atoms with Gasteiger partial charge in [0.25, 0.3) is 0 Å². The topological polar surface area (TPSA) is 50.4 Å². The van der Waals surface area contributed by atoms with Gasteiger partial charge in [0, 0.05) is 11.0 Å². The van der Waals surface area contributed by atoms with Crippen LogP contribution in [0.25, 0.3) is 0 Å². The molecule has 98 valence electrons. The SMILES string of the molecule is O=C(NCCOc1ccc(Br)cc1)C1CCNC1. The van der Waals surface area contributed by atoms with Crippen molar-refractivity contribution in [3.8, 4) is 5.75 Å². The van der Waals surface area contributed by atoms with E-state index < -0.39 is 0 Å². The maximum atomic E-state index is 11.7. The van der Waals surface area contributed by atoms with Crippen molar-refractivity contribution in [2.45, 2.75) is 6.42 Å². The van der Waals surface area contributed by atoms with Crippen molar-refractivity contribution >= 4 is 21.8 Å². The third kappa shape index (κ3) is 3.99. The number of benzene rings is 1. The lowest BCUT2D eigenvalue weighted by atomic mass is 10.1. The van der Waals surface area contributed by atoms with Crippen molar-refractivity contribution in [2.75, 3.05) is 26.2 Å². The Balaban J connectivity index is 1.63. The molecule has 0 saturated carbocycles. The fourth-order valence-electron chi connectivity index (χ4n) is 1.90. The van der Waals surface area contributed by atoms with E-state index in [2.05, 4.69) is 26.6 Å².